The molecule has 1 saturated heterocycles. The molecule has 2 nitrogen and oxygen atoms in total. The average Bonchev–Trinajstić information content (AvgIpc) is 2.47. The van der Waals surface area contributed by atoms with Gasteiger partial charge in [0, 0.05) is 24.3 Å². The largest absolute Gasteiger partial charge is 0.340 e. The van der Waals surface area contributed by atoms with Crippen molar-refractivity contribution in [1.82, 2.24) is 4.90 Å². The van der Waals surface area contributed by atoms with Crippen LogP contribution < -0.4 is 0 Å². The smallest absolute Gasteiger partial charge is 0.223 e. The number of alkyl halides is 1. The molecule has 0 N–H and O–H groups in total. The topological polar surface area (TPSA) is 20.3 Å². The van der Waals surface area contributed by atoms with Crippen molar-refractivity contribution in [3.05, 3.63) is 35.4 Å². The molecular formula is C17H24BrNO. The highest BCUT2D eigenvalue weighted by Gasteiger charge is 2.25. The van der Waals surface area contributed by atoms with Crippen LogP contribution in [0.3, 0.4) is 0 Å². The van der Waals surface area contributed by atoms with E-state index in [1.165, 1.54) is 24.0 Å². The van der Waals surface area contributed by atoms with E-state index in [1.807, 2.05) is 0 Å². The SMILES string of the molecule is Cc1ccccc1CCC(=O)N1CCCCC1CCBr. The van der Waals surface area contributed by atoms with Crippen molar-refractivity contribution >= 4 is 21.8 Å². The van der Waals surface area contributed by atoms with E-state index in [9.17, 15) is 4.79 Å². The van der Waals surface area contributed by atoms with Gasteiger partial charge in [0.15, 0.2) is 0 Å². The lowest BCUT2D eigenvalue weighted by molar-refractivity contribution is -0.134. The summed E-state index contributed by atoms with van der Waals surface area (Å²) in [5.74, 6) is 0.332. The summed E-state index contributed by atoms with van der Waals surface area (Å²) in [6, 6.07) is 8.81. The highest BCUT2D eigenvalue weighted by atomic mass is 79.9. The fourth-order valence-electron chi connectivity index (χ4n) is 3.03. The fraction of sp³-hybridized carbons (Fsp3) is 0.588. The molecule has 3 heteroatoms. The van der Waals surface area contributed by atoms with Gasteiger partial charge in [-0.05, 0) is 50.2 Å². The second-order valence-corrected chi connectivity index (χ2v) is 6.43. The van der Waals surface area contributed by atoms with Crippen LogP contribution in [0.4, 0.5) is 0 Å². The maximum absolute atomic E-state index is 12.5. The Balaban J connectivity index is 1.91. The highest BCUT2D eigenvalue weighted by molar-refractivity contribution is 9.09. The van der Waals surface area contributed by atoms with Gasteiger partial charge in [-0.2, -0.15) is 0 Å². The third-order valence-electron chi connectivity index (χ3n) is 4.26. The molecule has 0 saturated carbocycles. The van der Waals surface area contributed by atoms with Crippen LogP contribution in [0, 0.1) is 6.92 Å². The first-order valence-electron chi connectivity index (χ1n) is 7.62. The minimum absolute atomic E-state index is 0.332. The average molecular weight is 338 g/mol. The molecule has 20 heavy (non-hydrogen) atoms. The number of nitrogens with zero attached hydrogens (tertiary/aromatic N) is 1. The predicted octanol–water partition coefficient (Wildman–Crippen LogP) is 4.09. The van der Waals surface area contributed by atoms with Gasteiger partial charge in [0.2, 0.25) is 5.91 Å². The zero-order valence-corrected chi connectivity index (χ0v) is 13.9. The number of rotatable bonds is 5. The lowest BCUT2D eigenvalue weighted by Crippen LogP contribution is -2.44. The number of benzene rings is 1. The van der Waals surface area contributed by atoms with Crippen molar-refractivity contribution in [3.8, 4) is 0 Å². The lowest BCUT2D eigenvalue weighted by atomic mass is 9.98. The molecule has 2 rings (SSSR count). The number of carbonyl (C=O) groups excluding carboxylic acids is 1. The van der Waals surface area contributed by atoms with Crippen molar-refractivity contribution < 1.29 is 4.79 Å². The third-order valence-corrected chi connectivity index (χ3v) is 4.72. The standard InChI is InChI=1S/C17H24BrNO/c1-14-6-2-3-7-15(14)9-10-17(20)19-13-5-4-8-16(19)11-12-18/h2-3,6-7,16H,4-5,8-13H2,1H3. The maximum atomic E-state index is 12.5. The van der Waals surface area contributed by atoms with Gasteiger partial charge in [-0.3, -0.25) is 4.79 Å². The van der Waals surface area contributed by atoms with E-state index in [0.29, 0.717) is 18.4 Å². The molecule has 0 spiro atoms. The minimum Gasteiger partial charge on any atom is -0.340 e. The summed E-state index contributed by atoms with van der Waals surface area (Å²) in [4.78, 5) is 14.6. The van der Waals surface area contributed by atoms with Crippen LogP contribution in [0.2, 0.25) is 0 Å². The summed E-state index contributed by atoms with van der Waals surface area (Å²) in [6.07, 6.45) is 6.18. The molecule has 1 fully saturated rings. The first-order valence-corrected chi connectivity index (χ1v) is 8.74. The van der Waals surface area contributed by atoms with Gasteiger partial charge in [-0.1, -0.05) is 40.2 Å². The summed E-state index contributed by atoms with van der Waals surface area (Å²) in [7, 11) is 0. The van der Waals surface area contributed by atoms with Crippen molar-refractivity contribution in [2.24, 2.45) is 0 Å². The van der Waals surface area contributed by atoms with E-state index in [-0.39, 0.29) is 0 Å². The Bertz CT molecular complexity index is 444. The maximum Gasteiger partial charge on any atom is 0.223 e. The number of hydrogen-bond donors (Lipinski definition) is 0. The summed E-state index contributed by atoms with van der Waals surface area (Å²) >= 11 is 3.51. The Morgan fingerprint density at radius 3 is 2.90 bits per heavy atom. The Morgan fingerprint density at radius 2 is 2.15 bits per heavy atom. The molecule has 0 radical (unpaired) electrons. The number of hydrogen-bond acceptors (Lipinski definition) is 1. The molecule has 1 heterocycles. The molecule has 0 aromatic heterocycles. The number of piperidine rings is 1. The normalized spacial score (nSPS) is 19.1. The van der Waals surface area contributed by atoms with Gasteiger partial charge in [0.1, 0.15) is 0 Å². The van der Waals surface area contributed by atoms with E-state index in [2.05, 4.69) is 52.0 Å². The van der Waals surface area contributed by atoms with Crippen LogP contribution in [0.5, 0.6) is 0 Å². The van der Waals surface area contributed by atoms with Crippen LogP contribution in [0.1, 0.15) is 43.2 Å². The van der Waals surface area contributed by atoms with Crippen molar-refractivity contribution in [3.63, 3.8) is 0 Å². The minimum atomic E-state index is 0.332. The Kier molecular flexibility index (Phi) is 6.08. The zero-order valence-electron chi connectivity index (χ0n) is 12.3. The number of carbonyl (C=O) groups is 1. The third kappa shape index (κ3) is 4.08. The first-order chi connectivity index (χ1) is 9.72. The van der Waals surface area contributed by atoms with E-state index in [0.717, 1.165) is 31.1 Å². The molecule has 1 atom stereocenters. The molecule has 110 valence electrons. The molecule has 1 unspecified atom stereocenters. The quantitative estimate of drug-likeness (QED) is 0.741. The van der Waals surface area contributed by atoms with E-state index < -0.39 is 0 Å². The molecule has 1 amide bonds. The second kappa shape index (κ2) is 7.82. The molecule has 1 aliphatic rings. The summed E-state index contributed by atoms with van der Waals surface area (Å²) in [5, 5.41) is 0.985. The molecular weight excluding hydrogens is 314 g/mol. The highest BCUT2D eigenvalue weighted by Crippen LogP contribution is 2.22. The van der Waals surface area contributed by atoms with Crippen molar-refractivity contribution in [2.75, 3.05) is 11.9 Å². The number of likely N-dealkylation sites (tertiary alicyclic amines) is 1. The van der Waals surface area contributed by atoms with Gasteiger partial charge in [-0.15, -0.1) is 0 Å². The van der Waals surface area contributed by atoms with Crippen LogP contribution in [0.25, 0.3) is 0 Å². The van der Waals surface area contributed by atoms with Gasteiger partial charge in [-0.25, -0.2) is 0 Å². The molecule has 0 aliphatic carbocycles. The number of aryl methyl sites for hydroxylation is 2. The zero-order chi connectivity index (χ0) is 14.4. The van der Waals surface area contributed by atoms with Gasteiger partial charge < -0.3 is 4.90 Å². The molecule has 1 aromatic rings. The van der Waals surface area contributed by atoms with E-state index in [4.69, 9.17) is 0 Å². The Labute approximate surface area is 130 Å². The van der Waals surface area contributed by atoms with Crippen LogP contribution in [-0.2, 0) is 11.2 Å². The van der Waals surface area contributed by atoms with Crippen LogP contribution >= 0.6 is 15.9 Å². The lowest BCUT2D eigenvalue weighted by Gasteiger charge is -2.35. The predicted molar refractivity (Wildman–Crippen MR) is 87.3 cm³/mol. The first kappa shape index (κ1) is 15.6. The monoisotopic (exact) mass is 337 g/mol. The Morgan fingerprint density at radius 1 is 1.35 bits per heavy atom. The second-order valence-electron chi connectivity index (χ2n) is 5.64. The van der Waals surface area contributed by atoms with Gasteiger partial charge >= 0.3 is 0 Å². The van der Waals surface area contributed by atoms with Crippen LogP contribution in [0.15, 0.2) is 24.3 Å². The van der Waals surface area contributed by atoms with Crippen molar-refractivity contribution in [1.29, 1.82) is 0 Å². The van der Waals surface area contributed by atoms with Crippen LogP contribution in [-0.4, -0.2) is 28.7 Å². The summed E-state index contributed by atoms with van der Waals surface area (Å²) in [5.41, 5.74) is 2.59. The van der Waals surface area contributed by atoms with E-state index >= 15 is 0 Å². The number of halogens is 1. The fourth-order valence-corrected chi connectivity index (χ4v) is 3.56. The van der Waals surface area contributed by atoms with Crippen molar-refractivity contribution in [2.45, 2.75) is 51.5 Å². The number of amides is 1. The summed E-state index contributed by atoms with van der Waals surface area (Å²) in [6.45, 7) is 3.07. The summed E-state index contributed by atoms with van der Waals surface area (Å²) < 4.78 is 0. The van der Waals surface area contributed by atoms with E-state index in [1.54, 1.807) is 0 Å². The molecule has 1 aliphatic heterocycles. The molecule has 1 aromatic carbocycles. The molecule has 0 bridgehead atoms. The van der Waals surface area contributed by atoms with Gasteiger partial charge in [0.05, 0.1) is 0 Å². The van der Waals surface area contributed by atoms with Gasteiger partial charge in [0.25, 0.3) is 0 Å². The Hall–Kier alpha value is -0.830.